The highest BCUT2D eigenvalue weighted by Gasteiger charge is 2.04. The maximum atomic E-state index is 10.9. The molecule has 1 aromatic carbocycles. The monoisotopic (exact) mass is 235 g/mol. The quantitative estimate of drug-likeness (QED) is 0.823. The van der Waals surface area contributed by atoms with E-state index in [1.807, 2.05) is 31.2 Å². The van der Waals surface area contributed by atoms with Gasteiger partial charge in [0.1, 0.15) is 5.75 Å². The summed E-state index contributed by atoms with van der Waals surface area (Å²) in [6, 6.07) is 8.21. The predicted octanol–water partition coefficient (Wildman–Crippen LogP) is 2.54. The lowest BCUT2D eigenvalue weighted by molar-refractivity contribution is -0.119. The van der Waals surface area contributed by atoms with Gasteiger partial charge in [0, 0.05) is 13.0 Å². The standard InChI is InChI=1S/C14H21NO2/c1-4-9-17-14-7-5-13(6-8-14)10-11(2)15-12(3)16/h5-8,11H,4,9-10H2,1-3H3,(H,15,16). The molecule has 1 atom stereocenters. The molecule has 0 saturated heterocycles. The van der Waals surface area contributed by atoms with Crippen molar-refractivity contribution in [3.8, 4) is 5.75 Å². The van der Waals surface area contributed by atoms with Crippen LogP contribution < -0.4 is 10.1 Å². The number of benzene rings is 1. The van der Waals surface area contributed by atoms with Gasteiger partial charge in [0.05, 0.1) is 6.61 Å². The van der Waals surface area contributed by atoms with Crippen molar-refractivity contribution in [1.29, 1.82) is 0 Å². The number of carbonyl (C=O) groups excluding carboxylic acids is 1. The van der Waals surface area contributed by atoms with Gasteiger partial charge in [0.15, 0.2) is 0 Å². The Hall–Kier alpha value is -1.51. The molecule has 1 N–H and O–H groups in total. The normalized spacial score (nSPS) is 11.9. The lowest BCUT2D eigenvalue weighted by Crippen LogP contribution is -2.31. The fraction of sp³-hybridized carbons (Fsp3) is 0.500. The molecule has 17 heavy (non-hydrogen) atoms. The molecule has 1 aromatic rings. The Morgan fingerprint density at radius 1 is 1.35 bits per heavy atom. The van der Waals surface area contributed by atoms with Crippen molar-refractivity contribution in [2.45, 2.75) is 39.7 Å². The van der Waals surface area contributed by atoms with Crippen LogP contribution in [-0.4, -0.2) is 18.6 Å². The van der Waals surface area contributed by atoms with E-state index in [-0.39, 0.29) is 11.9 Å². The molecule has 0 heterocycles. The van der Waals surface area contributed by atoms with E-state index in [2.05, 4.69) is 12.2 Å². The molecule has 0 aromatic heterocycles. The fourth-order valence-electron chi connectivity index (χ4n) is 1.69. The molecule has 0 spiro atoms. The zero-order valence-electron chi connectivity index (χ0n) is 10.8. The number of carbonyl (C=O) groups is 1. The van der Waals surface area contributed by atoms with Crippen LogP contribution in [0.3, 0.4) is 0 Å². The smallest absolute Gasteiger partial charge is 0.217 e. The van der Waals surface area contributed by atoms with Gasteiger partial charge < -0.3 is 10.1 Å². The number of hydrogen-bond donors (Lipinski definition) is 1. The van der Waals surface area contributed by atoms with E-state index in [9.17, 15) is 4.79 Å². The van der Waals surface area contributed by atoms with Gasteiger partial charge in [-0.3, -0.25) is 4.79 Å². The molecule has 1 unspecified atom stereocenters. The second kappa shape index (κ2) is 6.94. The van der Waals surface area contributed by atoms with Crippen molar-refractivity contribution in [2.75, 3.05) is 6.61 Å². The number of hydrogen-bond acceptors (Lipinski definition) is 2. The summed E-state index contributed by atoms with van der Waals surface area (Å²) in [4.78, 5) is 10.9. The number of rotatable bonds is 6. The third-order valence-corrected chi connectivity index (χ3v) is 2.39. The Balaban J connectivity index is 2.47. The van der Waals surface area contributed by atoms with Crippen LogP contribution in [0.1, 0.15) is 32.8 Å². The van der Waals surface area contributed by atoms with Crippen molar-refractivity contribution in [3.63, 3.8) is 0 Å². The molecular weight excluding hydrogens is 214 g/mol. The molecule has 0 aliphatic rings. The van der Waals surface area contributed by atoms with Crippen LogP contribution in [0.4, 0.5) is 0 Å². The highest BCUT2D eigenvalue weighted by Crippen LogP contribution is 2.13. The Morgan fingerprint density at radius 3 is 2.53 bits per heavy atom. The highest BCUT2D eigenvalue weighted by molar-refractivity contribution is 5.73. The first-order valence-corrected chi connectivity index (χ1v) is 6.10. The molecule has 0 bridgehead atoms. The van der Waals surface area contributed by atoms with E-state index in [0.29, 0.717) is 0 Å². The van der Waals surface area contributed by atoms with Crippen molar-refractivity contribution in [1.82, 2.24) is 5.32 Å². The second-order valence-corrected chi connectivity index (χ2v) is 4.30. The second-order valence-electron chi connectivity index (χ2n) is 4.30. The van der Waals surface area contributed by atoms with E-state index in [0.717, 1.165) is 25.2 Å². The predicted molar refractivity (Wildman–Crippen MR) is 69.2 cm³/mol. The summed E-state index contributed by atoms with van der Waals surface area (Å²) in [5.41, 5.74) is 1.20. The van der Waals surface area contributed by atoms with Gasteiger partial charge in [-0.15, -0.1) is 0 Å². The zero-order valence-corrected chi connectivity index (χ0v) is 10.8. The topological polar surface area (TPSA) is 38.3 Å². The van der Waals surface area contributed by atoms with E-state index in [1.165, 1.54) is 12.5 Å². The summed E-state index contributed by atoms with van der Waals surface area (Å²) in [6.45, 7) is 6.38. The minimum Gasteiger partial charge on any atom is -0.494 e. The van der Waals surface area contributed by atoms with Crippen molar-refractivity contribution < 1.29 is 9.53 Å². The molecule has 3 heteroatoms. The van der Waals surface area contributed by atoms with E-state index in [4.69, 9.17) is 4.74 Å². The third-order valence-electron chi connectivity index (χ3n) is 2.39. The summed E-state index contributed by atoms with van der Waals surface area (Å²) in [7, 11) is 0. The number of amides is 1. The van der Waals surface area contributed by atoms with Crippen LogP contribution in [0.5, 0.6) is 5.75 Å². The van der Waals surface area contributed by atoms with Gasteiger partial charge in [-0.1, -0.05) is 19.1 Å². The Kier molecular flexibility index (Phi) is 5.53. The first-order chi connectivity index (χ1) is 8.11. The van der Waals surface area contributed by atoms with Gasteiger partial charge in [0.2, 0.25) is 5.91 Å². The number of ether oxygens (including phenoxy) is 1. The van der Waals surface area contributed by atoms with E-state index in [1.54, 1.807) is 0 Å². The lowest BCUT2D eigenvalue weighted by atomic mass is 10.1. The number of nitrogens with one attached hydrogen (secondary N) is 1. The summed E-state index contributed by atoms with van der Waals surface area (Å²) in [6.07, 6.45) is 1.86. The third kappa shape index (κ3) is 5.38. The summed E-state index contributed by atoms with van der Waals surface area (Å²) in [5, 5.41) is 2.87. The maximum absolute atomic E-state index is 10.9. The van der Waals surface area contributed by atoms with Gasteiger partial charge in [-0.25, -0.2) is 0 Å². The largest absolute Gasteiger partial charge is 0.494 e. The average molecular weight is 235 g/mol. The van der Waals surface area contributed by atoms with E-state index >= 15 is 0 Å². The Labute approximate surface area is 103 Å². The molecule has 0 saturated carbocycles. The van der Waals surface area contributed by atoms with Gasteiger partial charge in [-0.05, 0) is 37.5 Å². The van der Waals surface area contributed by atoms with Gasteiger partial charge >= 0.3 is 0 Å². The molecule has 94 valence electrons. The zero-order chi connectivity index (χ0) is 12.7. The molecule has 0 aliphatic heterocycles. The fourth-order valence-corrected chi connectivity index (χ4v) is 1.69. The minimum atomic E-state index is 0.0143. The molecule has 0 fully saturated rings. The Bertz CT molecular complexity index is 346. The van der Waals surface area contributed by atoms with Crippen LogP contribution >= 0.6 is 0 Å². The average Bonchev–Trinajstić information content (AvgIpc) is 2.27. The molecule has 0 radical (unpaired) electrons. The van der Waals surface area contributed by atoms with Crippen LogP contribution in [0.2, 0.25) is 0 Å². The maximum Gasteiger partial charge on any atom is 0.217 e. The summed E-state index contributed by atoms with van der Waals surface area (Å²) < 4.78 is 5.51. The molecule has 0 aliphatic carbocycles. The SMILES string of the molecule is CCCOc1ccc(CC(C)NC(C)=O)cc1. The molecular formula is C14H21NO2. The Morgan fingerprint density at radius 2 is 2.00 bits per heavy atom. The first kappa shape index (κ1) is 13.6. The molecule has 1 rings (SSSR count). The van der Waals surface area contributed by atoms with Crippen molar-refractivity contribution in [2.24, 2.45) is 0 Å². The van der Waals surface area contributed by atoms with E-state index < -0.39 is 0 Å². The minimum absolute atomic E-state index is 0.0143. The molecule has 1 amide bonds. The lowest BCUT2D eigenvalue weighted by Gasteiger charge is -2.12. The first-order valence-electron chi connectivity index (χ1n) is 6.10. The molecule has 3 nitrogen and oxygen atoms in total. The van der Waals surface area contributed by atoms with Crippen LogP contribution in [-0.2, 0) is 11.2 Å². The van der Waals surface area contributed by atoms with Crippen LogP contribution in [0.25, 0.3) is 0 Å². The van der Waals surface area contributed by atoms with Crippen LogP contribution in [0.15, 0.2) is 24.3 Å². The van der Waals surface area contributed by atoms with Gasteiger partial charge in [-0.2, -0.15) is 0 Å². The van der Waals surface area contributed by atoms with Crippen molar-refractivity contribution >= 4 is 5.91 Å². The highest BCUT2D eigenvalue weighted by atomic mass is 16.5. The van der Waals surface area contributed by atoms with Gasteiger partial charge in [0.25, 0.3) is 0 Å². The van der Waals surface area contributed by atoms with Crippen molar-refractivity contribution in [3.05, 3.63) is 29.8 Å². The summed E-state index contributed by atoms with van der Waals surface area (Å²) in [5.74, 6) is 0.920. The van der Waals surface area contributed by atoms with Crippen LogP contribution in [0, 0.1) is 0 Å². The summed E-state index contributed by atoms with van der Waals surface area (Å²) >= 11 is 0.